The molecule has 2 aliphatic rings. The SMILES string of the molecule is Cc1c(C(=O)N2CCC3(CC2)COC3)cnn1-c1nn2cccc2c(=O)[nH]1. The molecule has 9 nitrogen and oxygen atoms in total. The van der Waals surface area contributed by atoms with Crippen molar-refractivity contribution in [1.82, 2.24) is 29.3 Å². The molecule has 5 heterocycles. The van der Waals surface area contributed by atoms with Gasteiger partial charge in [0.05, 0.1) is 30.7 Å². The molecule has 0 radical (unpaired) electrons. The number of hydrogen-bond acceptors (Lipinski definition) is 5. The zero-order valence-electron chi connectivity index (χ0n) is 15.0. The van der Waals surface area contributed by atoms with E-state index < -0.39 is 0 Å². The second kappa shape index (κ2) is 5.78. The minimum Gasteiger partial charge on any atom is -0.380 e. The van der Waals surface area contributed by atoms with Gasteiger partial charge in [-0.15, -0.1) is 5.10 Å². The largest absolute Gasteiger partial charge is 0.380 e. The van der Waals surface area contributed by atoms with Crippen LogP contribution in [0.4, 0.5) is 0 Å². The van der Waals surface area contributed by atoms with Crippen molar-refractivity contribution in [3.05, 3.63) is 46.1 Å². The quantitative estimate of drug-likeness (QED) is 0.721. The van der Waals surface area contributed by atoms with Crippen LogP contribution in [-0.2, 0) is 4.74 Å². The van der Waals surface area contributed by atoms with E-state index >= 15 is 0 Å². The third-order valence-electron chi connectivity index (χ3n) is 5.76. The van der Waals surface area contributed by atoms with Gasteiger partial charge in [0.2, 0.25) is 5.95 Å². The molecule has 140 valence electrons. The summed E-state index contributed by atoms with van der Waals surface area (Å²) in [5.74, 6) is 0.252. The highest BCUT2D eigenvalue weighted by Gasteiger charge is 2.42. The summed E-state index contributed by atoms with van der Waals surface area (Å²) in [7, 11) is 0. The summed E-state index contributed by atoms with van der Waals surface area (Å²) in [5, 5.41) is 8.67. The fraction of sp³-hybridized carbons (Fsp3) is 0.444. The summed E-state index contributed by atoms with van der Waals surface area (Å²) in [6, 6.07) is 3.44. The summed E-state index contributed by atoms with van der Waals surface area (Å²) >= 11 is 0. The fourth-order valence-electron chi connectivity index (χ4n) is 3.89. The Labute approximate surface area is 154 Å². The molecule has 3 aromatic rings. The first kappa shape index (κ1) is 16.2. The van der Waals surface area contributed by atoms with Crippen LogP contribution in [0, 0.1) is 12.3 Å². The number of nitrogens with one attached hydrogen (secondary N) is 1. The van der Waals surface area contributed by atoms with Crippen molar-refractivity contribution < 1.29 is 9.53 Å². The number of amides is 1. The molecule has 0 saturated carbocycles. The van der Waals surface area contributed by atoms with Crippen LogP contribution in [0.3, 0.4) is 0 Å². The highest BCUT2D eigenvalue weighted by molar-refractivity contribution is 5.95. The molecule has 0 aliphatic carbocycles. The minimum absolute atomic E-state index is 0.0294. The molecule has 3 aromatic heterocycles. The van der Waals surface area contributed by atoms with Crippen molar-refractivity contribution >= 4 is 11.4 Å². The summed E-state index contributed by atoms with van der Waals surface area (Å²) in [6.45, 7) is 4.90. The van der Waals surface area contributed by atoms with Gasteiger partial charge in [0.1, 0.15) is 5.52 Å². The van der Waals surface area contributed by atoms with E-state index in [9.17, 15) is 9.59 Å². The molecule has 27 heavy (non-hydrogen) atoms. The normalized spacial score (nSPS) is 18.8. The summed E-state index contributed by atoms with van der Waals surface area (Å²) < 4.78 is 8.35. The van der Waals surface area contributed by atoms with Crippen LogP contribution in [0.1, 0.15) is 28.9 Å². The maximum atomic E-state index is 13.0. The topological polar surface area (TPSA) is 97.5 Å². The molecule has 2 saturated heterocycles. The second-order valence-corrected chi connectivity index (χ2v) is 7.46. The number of aromatic amines is 1. The third-order valence-corrected chi connectivity index (χ3v) is 5.76. The predicted octanol–water partition coefficient (Wildman–Crippen LogP) is 0.769. The molecule has 0 bridgehead atoms. The molecule has 1 amide bonds. The van der Waals surface area contributed by atoms with Crippen LogP contribution in [0.5, 0.6) is 0 Å². The fourth-order valence-corrected chi connectivity index (χ4v) is 3.89. The van der Waals surface area contributed by atoms with Crippen LogP contribution in [0.2, 0.25) is 0 Å². The number of nitrogens with zero attached hydrogens (tertiary/aromatic N) is 5. The number of fused-ring (bicyclic) bond motifs is 1. The van der Waals surface area contributed by atoms with Crippen molar-refractivity contribution in [2.24, 2.45) is 5.41 Å². The van der Waals surface area contributed by atoms with Crippen molar-refractivity contribution in [2.45, 2.75) is 19.8 Å². The van der Waals surface area contributed by atoms with Gasteiger partial charge >= 0.3 is 0 Å². The standard InChI is InChI=1S/C18H20N6O3/c1-12-13(16(26)22-7-4-18(5-8-22)10-27-11-18)9-19-24(12)17-20-15(25)14-3-2-6-23(14)21-17/h2-3,6,9H,4-5,7-8,10-11H2,1H3,(H,20,21,25). The maximum Gasteiger partial charge on any atom is 0.276 e. The van der Waals surface area contributed by atoms with E-state index in [0.717, 1.165) is 39.1 Å². The Hall–Kier alpha value is -2.94. The lowest BCUT2D eigenvalue weighted by molar-refractivity contribution is -0.136. The van der Waals surface area contributed by atoms with Gasteiger partial charge in [0.15, 0.2) is 0 Å². The van der Waals surface area contributed by atoms with Gasteiger partial charge in [0.25, 0.3) is 11.5 Å². The average Bonchev–Trinajstić information content (AvgIpc) is 3.26. The Morgan fingerprint density at radius 3 is 2.78 bits per heavy atom. The number of carbonyl (C=O) groups excluding carboxylic acids is 1. The monoisotopic (exact) mass is 368 g/mol. The third kappa shape index (κ3) is 2.49. The Balaban J connectivity index is 1.42. The summed E-state index contributed by atoms with van der Waals surface area (Å²) in [5.41, 5.74) is 1.68. The van der Waals surface area contributed by atoms with E-state index in [4.69, 9.17) is 4.74 Å². The number of carbonyl (C=O) groups is 1. The molecular formula is C18H20N6O3. The minimum atomic E-state index is -0.253. The highest BCUT2D eigenvalue weighted by Crippen LogP contribution is 2.38. The number of hydrogen-bond donors (Lipinski definition) is 1. The molecule has 0 unspecified atom stereocenters. The number of H-pyrrole nitrogens is 1. The van der Waals surface area contributed by atoms with Gasteiger partial charge in [-0.05, 0) is 31.9 Å². The number of piperidine rings is 1. The lowest BCUT2D eigenvalue weighted by Crippen LogP contribution is -2.52. The number of rotatable bonds is 2. The van der Waals surface area contributed by atoms with Gasteiger partial charge in [-0.2, -0.15) is 5.10 Å². The lowest BCUT2D eigenvalue weighted by Gasteiger charge is -2.47. The molecule has 2 aliphatic heterocycles. The Morgan fingerprint density at radius 2 is 2.07 bits per heavy atom. The van der Waals surface area contributed by atoms with Crippen LogP contribution >= 0.6 is 0 Å². The maximum absolute atomic E-state index is 13.0. The van der Waals surface area contributed by atoms with Gasteiger partial charge in [-0.25, -0.2) is 9.20 Å². The summed E-state index contributed by atoms with van der Waals surface area (Å²) in [6.07, 6.45) is 5.21. The van der Waals surface area contributed by atoms with Crippen LogP contribution < -0.4 is 5.56 Å². The Morgan fingerprint density at radius 1 is 1.30 bits per heavy atom. The van der Waals surface area contributed by atoms with E-state index in [1.54, 1.807) is 24.5 Å². The number of ether oxygens (including phenoxy) is 1. The Bertz CT molecular complexity index is 1080. The van der Waals surface area contributed by atoms with Crippen LogP contribution in [0.25, 0.3) is 11.5 Å². The Kier molecular flexibility index (Phi) is 3.48. The van der Waals surface area contributed by atoms with E-state index in [1.165, 1.54) is 9.20 Å². The first-order valence-electron chi connectivity index (χ1n) is 9.06. The van der Waals surface area contributed by atoms with Crippen molar-refractivity contribution in [2.75, 3.05) is 26.3 Å². The molecular weight excluding hydrogens is 348 g/mol. The zero-order chi connectivity index (χ0) is 18.6. The van der Waals surface area contributed by atoms with Gasteiger partial charge < -0.3 is 9.64 Å². The molecule has 1 N–H and O–H groups in total. The molecule has 0 atom stereocenters. The van der Waals surface area contributed by atoms with E-state index in [1.807, 2.05) is 11.8 Å². The van der Waals surface area contributed by atoms with Gasteiger partial charge in [0, 0.05) is 24.7 Å². The smallest absolute Gasteiger partial charge is 0.276 e. The molecule has 1 spiro atoms. The van der Waals surface area contributed by atoms with Crippen molar-refractivity contribution in [1.29, 1.82) is 0 Å². The molecule has 5 rings (SSSR count). The van der Waals surface area contributed by atoms with Gasteiger partial charge in [-0.1, -0.05) is 0 Å². The van der Waals surface area contributed by atoms with Crippen molar-refractivity contribution in [3.63, 3.8) is 0 Å². The predicted molar refractivity (Wildman–Crippen MR) is 96.1 cm³/mol. The first-order valence-corrected chi connectivity index (χ1v) is 9.06. The van der Waals surface area contributed by atoms with E-state index in [2.05, 4.69) is 15.2 Å². The zero-order valence-corrected chi connectivity index (χ0v) is 15.0. The summed E-state index contributed by atoms with van der Waals surface area (Å²) in [4.78, 5) is 29.8. The second-order valence-electron chi connectivity index (χ2n) is 7.46. The van der Waals surface area contributed by atoms with E-state index in [-0.39, 0.29) is 22.8 Å². The molecule has 2 fully saturated rings. The lowest BCUT2D eigenvalue weighted by atomic mass is 9.77. The molecule has 0 aromatic carbocycles. The van der Waals surface area contributed by atoms with Crippen LogP contribution in [-0.4, -0.2) is 61.5 Å². The van der Waals surface area contributed by atoms with E-state index in [0.29, 0.717) is 16.8 Å². The average molecular weight is 368 g/mol. The van der Waals surface area contributed by atoms with Crippen molar-refractivity contribution in [3.8, 4) is 5.95 Å². The molecule has 9 heteroatoms. The van der Waals surface area contributed by atoms with Gasteiger partial charge in [-0.3, -0.25) is 14.6 Å². The van der Waals surface area contributed by atoms with Crippen LogP contribution in [0.15, 0.2) is 29.3 Å². The first-order chi connectivity index (χ1) is 13.1. The number of likely N-dealkylation sites (tertiary alicyclic amines) is 1. The highest BCUT2D eigenvalue weighted by atomic mass is 16.5. The number of aromatic nitrogens is 5.